The average Bonchev–Trinajstić information content (AvgIpc) is 3.10. The van der Waals surface area contributed by atoms with Gasteiger partial charge in [-0.3, -0.25) is 9.48 Å². The summed E-state index contributed by atoms with van der Waals surface area (Å²) in [5.41, 5.74) is 0.646. The van der Waals surface area contributed by atoms with Crippen LogP contribution in [0.15, 0.2) is 12.4 Å². The van der Waals surface area contributed by atoms with Crippen LogP contribution in [0.3, 0.4) is 0 Å². The highest BCUT2D eigenvalue weighted by Crippen LogP contribution is 2.39. The highest BCUT2D eigenvalue weighted by molar-refractivity contribution is 5.93. The van der Waals surface area contributed by atoms with E-state index in [-0.39, 0.29) is 5.91 Å². The number of hydrogen-bond donors (Lipinski definition) is 0. The Morgan fingerprint density at radius 2 is 2.19 bits per heavy atom. The van der Waals surface area contributed by atoms with Gasteiger partial charge >= 0.3 is 0 Å². The van der Waals surface area contributed by atoms with Gasteiger partial charge in [0, 0.05) is 31.7 Å². The lowest BCUT2D eigenvalue weighted by Crippen LogP contribution is -2.38. The van der Waals surface area contributed by atoms with E-state index in [9.17, 15) is 4.79 Å². The second kappa shape index (κ2) is 4.68. The standard InChI is InChI=1S/C14H18N6O/c1-2-19-8-11(7-15-19)14(21)18-5-6-20-12(9-18)16-17-13(20)10-3-4-10/h7-8,10H,2-6,9H2,1H3. The van der Waals surface area contributed by atoms with Crippen molar-refractivity contribution in [1.29, 1.82) is 0 Å². The molecule has 7 heteroatoms. The molecule has 1 saturated carbocycles. The first-order valence-corrected chi connectivity index (χ1v) is 7.50. The minimum Gasteiger partial charge on any atom is -0.329 e. The minimum absolute atomic E-state index is 0.0249. The van der Waals surface area contributed by atoms with Crippen LogP contribution in [0.25, 0.3) is 0 Å². The van der Waals surface area contributed by atoms with E-state index in [4.69, 9.17) is 0 Å². The predicted molar refractivity (Wildman–Crippen MR) is 74.6 cm³/mol. The third kappa shape index (κ3) is 2.12. The maximum absolute atomic E-state index is 12.5. The number of aryl methyl sites for hydroxylation is 1. The van der Waals surface area contributed by atoms with Gasteiger partial charge in [0.15, 0.2) is 5.82 Å². The SMILES string of the molecule is CCn1cc(C(=O)N2CCn3c(nnc3C3CC3)C2)cn1. The molecule has 7 nitrogen and oxygen atoms in total. The van der Waals surface area contributed by atoms with Crippen molar-refractivity contribution in [3.8, 4) is 0 Å². The van der Waals surface area contributed by atoms with Crippen molar-refractivity contribution in [2.75, 3.05) is 6.54 Å². The smallest absolute Gasteiger partial charge is 0.257 e. The number of nitrogens with zero attached hydrogens (tertiary/aromatic N) is 6. The molecule has 1 aliphatic carbocycles. The number of hydrogen-bond acceptors (Lipinski definition) is 4. The molecule has 2 aromatic heterocycles. The van der Waals surface area contributed by atoms with Gasteiger partial charge in [-0.25, -0.2) is 0 Å². The Balaban J connectivity index is 1.53. The van der Waals surface area contributed by atoms with E-state index < -0.39 is 0 Å². The van der Waals surface area contributed by atoms with Gasteiger partial charge in [-0.05, 0) is 19.8 Å². The lowest BCUT2D eigenvalue weighted by molar-refractivity contribution is 0.0706. The maximum atomic E-state index is 12.5. The van der Waals surface area contributed by atoms with Crippen LogP contribution in [-0.4, -0.2) is 41.9 Å². The van der Waals surface area contributed by atoms with Gasteiger partial charge in [0.05, 0.1) is 18.3 Å². The Morgan fingerprint density at radius 1 is 1.33 bits per heavy atom. The summed E-state index contributed by atoms with van der Waals surface area (Å²) in [4.78, 5) is 14.3. The Labute approximate surface area is 122 Å². The highest BCUT2D eigenvalue weighted by atomic mass is 16.2. The van der Waals surface area contributed by atoms with Gasteiger partial charge in [-0.1, -0.05) is 0 Å². The van der Waals surface area contributed by atoms with Crippen molar-refractivity contribution in [3.63, 3.8) is 0 Å². The van der Waals surface area contributed by atoms with Crippen LogP contribution in [0.4, 0.5) is 0 Å². The van der Waals surface area contributed by atoms with Gasteiger partial charge in [0.25, 0.3) is 5.91 Å². The number of aromatic nitrogens is 5. The Kier molecular flexibility index (Phi) is 2.80. The molecule has 0 saturated heterocycles. The molecule has 21 heavy (non-hydrogen) atoms. The van der Waals surface area contributed by atoms with Crippen molar-refractivity contribution in [2.24, 2.45) is 0 Å². The molecule has 4 rings (SSSR count). The second-order valence-electron chi connectivity index (χ2n) is 5.71. The molecule has 0 radical (unpaired) electrons. The number of carbonyl (C=O) groups is 1. The molecule has 0 aromatic carbocycles. The molecule has 0 unspecified atom stereocenters. The molecule has 110 valence electrons. The zero-order valence-electron chi connectivity index (χ0n) is 12.1. The minimum atomic E-state index is 0.0249. The molecule has 1 amide bonds. The molecule has 0 atom stereocenters. The van der Waals surface area contributed by atoms with E-state index in [1.54, 1.807) is 17.1 Å². The quantitative estimate of drug-likeness (QED) is 0.845. The second-order valence-corrected chi connectivity index (χ2v) is 5.71. The van der Waals surface area contributed by atoms with Gasteiger partial charge in [-0.2, -0.15) is 5.10 Å². The van der Waals surface area contributed by atoms with Crippen molar-refractivity contribution in [2.45, 2.75) is 45.3 Å². The number of carbonyl (C=O) groups excluding carboxylic acids is 1. The van der Waals surface area contributed by atoms with E-state index in [1.165, 1.54) is 12.8 Å². The summed E-state index contributed by atoms with van der Waals surface area (Å²) >= 11 is 0. The fourth-order valence-corrected chi connectivity index (χ4v) is 2.83. The number of amides is 1. The molecule has 0 bridgehead atoms. The maximum Gasteiger partial charge on any atom is 0.257 e. The lowest BCUT2D eigenvalue weighted by Gasteiger charge is -2.27. The number of rotatable bonds is 3. The highest BCUT2D eigenvalue weighted by Gasteiger charge is 2.33. The summed E-state index contributed by atoms with van der Waals surface area (Å²) in [6.45, 7) is 4.81. The van der Waals surface area contributed by atoms with E-state index in [0.717, 1.165) is 24.7 Å². The van der Waals surface area contributed by atoms with Gasteiger partial charge in [0.2, 0.25) is 0 Å². The van der Waals surface area contributed by atoms with Crippen LogP contribution in [-0.2, 0) is 19.6 Å². The van der Waals surface area contributed by atoms with E-state index in [0.29, 0.717) is 24.6 Å². The monoisotopic (exact) mass is 286 g/mol. The summed E-state index contributed by atoms with van der Waals surface area (Å²) in [5.74, 6) is 2.63. The topological polar surface area (TPSA) is 68.8 Å². The fourth-order valence-electron chi connectivity index (χ4n) is 2.83. The molecule has 2 aliphatic rings. The summed E-state index contributed by atoms with van der Waals surface area (Å²) in [6.07, 6.45) is 5.88. The van der Waals surface area contributed by atoms with Crippen molar-refractivity contribution in [1.82, 2.24) is 29.4 Å². The predicted octanol–water partition coefficient (Wildman–Crippen LogP) is 1.03. The fraction of sp³-hybridized carbons (Fsp3) is 0.571. The molecule has 0 N–H and O–H groups in total. The average molecular weight is 286 g/mol. The number of fused-ring (bicyclic) bond motifs is 1. The van der Waals surface area contributed by atoms with Crippen molar-refractivity contribution in [3.05, 3.63) is 29.6 Å². The third-order valence-electron chi connectivity index (χ3n) is 4.22. The van der Waals surface area contributed by atoms with Gasteiger partial charge in [-0.15, -0.1) is 10.2 Å². The first-order chi connectivity index (χ1) is 10.3. The first-order valence-electron chi connectivity index (χ1n) is 7.50. The Bertz CT molecular complexity index is 683. The van der Waals surface area contributed by atoms with Crippen LogP contribution >= 0.6 is 0 Å². The molecule has 1 fully saturated rings. The Hall–Kier alpha value is -2.18. The van der Waals surface area contributed by atoms with Gasteiger partial charge < -0.3 is 9.47 Å². The summed E-state index contributed by atoms with van der Waals surface area (Å²) in [6, 6.07) is 0. The Morgan fingerprint density at radius 3 is 2.90 bits per heavy atom. The van der Waals surface area contributed by atoms with Crippen LogP contribution in [0.1, 0.15) is 47.7 Å². The van der Waals surface area contributed by atoms with E-state index >= 15 is 0 Å². The summed E-state index contributed by atoms with van der Waals surface area (Å²) < 4.78 is 3.96. The van der Waals surface area contributed by atoms with E-state index in [1.807, 2.05) is 11.8 Å². The zero-order valence-corrected chi connectivity index (χ0v) is 12.1. The molecule has 0 spiro atoms. The van der Waals surface area contributed by atoms with Gasteiger partial charge in [0.1, 0.15) is 5.82 Å². The van der Waals surface area contributed by atoms with Crippen molar-refractivity contribution >= 4 is 5.91 Å². The molecular formula is C14H18N6O. The largest absolute Gasteiger partial charge is 0.329 e. The first kappa shape index (κ1) is 12.6. The lowest BCUT2D eigenvalue weighted by atomic mass is 10.2. The van der Waals surface area contributed by atoms with Crippen LogP contribution in [0.5, 0.6) is 0 Å². The van der Waals surface area contributed by atoms with Crippen molar-refractivity contribution < 1.29 is 4.79 Å². The summed E-state index contributed by atoms with van der Waals surface area (Å²) in [7, 11) is 0. The van der Waals surface area contributed by atoms with Crippen LogP contribution in [0.2, 0.25) is 0 Å². The zero-order chi connectivity index (χ0) is 14.4. The molecule has 1 aliphatic heterocycles. The normalized spacial score (nSPS) is 17.9. The molecule has 3 heterocycles. The molecule has 2 aromatic rings. The molecular weight excluding hydrogens is 268 g/mol. The third-order valence-corrected chi connectivity index (χ3v) is 4.22. The van der Waals surface area contributed by atoms with Crippen LogP contribution < -0.4 is 0 Å². The van der Waals surface area contributed by atoms with Crippen LogP contribution in [0, 0.1) is 0 Å². The summed E-state index contributed by atoms with van der Waals surface area (Å²) in [5, 5.41) is 12.7. The van der Waals surface area contributed by atoms with E-state index in [2.05, 4.69) is 19.9 Å².